The number of hydrogen-bond acceptors (Lipinski definition) is 7. The highest BCUT2D eigenvalue weighted by molar-refractivity contribution is 5.94. The number of nitrogens with one attached hydrogen (secondary N) is 1. The first-order valence-corrected chi connectivity index (χ1v) is 9.08. The van der Waals surface area contributed by atoms with Crippen LogP contribution >= 0.6 is 0 Å². The molecule has 154 valence electrons. The molecule has 1 aliphatic rings. The van der Waals surface area contributed by atoms with Crippen LogP contribution in [0.15, 0.2) is 24.3 Å². The van der Waals surface area contributed by atoms with E-state index in [4.69, 9.17) is 14.7 Å². The molecule has 10 heteroatoms. The summed E-state index contributed by atoms with van der Waals surface area (Å²) in [5.74, 6) is -1.46. The van der Waals surface area contributed by atoms with E-state index >= 15 is 0 Å². The Kier molecular flexibility index (Phi) is 7.97. The number of benzene rings is 1. The van der Waals surface area contributed by atoms with E-state index in [-0.39, 0.29) is 17.9 Å². The van der Waals surface area contributed by atoms with E-state index in [1.54, 1.807) is 13.0 Å². The molecule has 1 heterocycles. The fraction of sp³-hybridized carbons (Fsp3) is 0.421. The van der Waals surface area contributed by atoms with Crippen LogP contribution in [0, 0.1) is 11.3 Å². The number of piperazine rings is 1. The predicted octanol–water partition coefficient (Wildman–Crippen LogP) is 0.996. The summed E-state index contributed by atoms with van der Waals surface area (Å²) >= 11 is 0. The second kappa shape index (κ2) is 10.7. The fourth-order valence-electron chi connectivity index (χ4n) is 2.62. The third-order valence-electron chi connectivity index (χ3n) is 4.13. The van der Waals surface area contributed by atoms with Gasteiger partial charge in [0.05, 0.1) is 18.2 Å². The van der Waals surface area contributed by atoms with Gasteiger partial charge in [-0.2, -0.15) is 5.26 Å². The van der Waals surface area contributed by atoms with Crippen molar-refractivity contribution in [1.82, 2.24) is 9.80 Å². The lowest BCUT2D eigenvalue weighted by Gasteiger charge is -2.33. The fourth-order valence-corrected chi connectivity index (χ4v) is 2.62. The minimum absolute atomic E-state index is 0.225. The van der Waals surface area contributed by atoms with Gasteiger partial charge in [0.25, 0.3) is 5.91 Å². The van der Waals surface area contributed by atoms with Crippen molar-refractivity contribution in [2.24, 2.45) is 0 Å². The monoisotopic (exact) mass is 402 g/mol. The molecule has 0 aromatic heterocycles. The van der Waals surface area contributed by atoms with Gasteiger partial charge in [-0.3, -0.25) is 9.59 Å². The number of nitrogens with zero attached hydrogens (tertiary/aromatic N) is 3. The van der Waals surface area contributed by atoms with Gasteiger partial charge in [0.2, 0.25) is 5.91 Å². The van der Waals surface area contributed by atoms with Gasteiger partial charge in [-0.1, -0.05) is 0 Å². The van der Waals surface area contributed by atoms with Crippen LogP contribution in [0.2, 0.25) is 0 Å². The van der Waals surface area contributed by atoms with Crippen LogP contribution in [0.3, 0.4) is 0 Å². The second-order valence-corrected chi connectivity index (χ2v) is 6.10. The van der Waals surface area contributed by atoms with Crippen LogP contribution in [0.1, 0.15) is 23.7 Å². The minimum atomic E-state index is -0.668. The van der Waals surface area contributed by atoms with Gasteiger partial charge in [0.1, 0.15) is 6.42 Å². The Labute approximate surface area is 168 Å². The molecule has 1 N–H and O–H groups in total. The smallest absolute Gasteiger partial charge is 0.409 e. The number of esters is 1. The number of rotatable bonds is 6. The number of anilines is 1. The molecule has 10 nitrogen and oxygen atoms in total. The molecule has 0 radical (unpaired) electrons. The van der Waals surface area contributed by atoms with Gasteiger partial charge in [0.15, 0.2) is 6.61 Å². The van der Waals surface area contributed by atoms with Crippen molar-refractivity contribution in [2.45, 2.75) is 13.3 Å². The van der Waals surface area contributed by atoms with Crippen molar-refractivity contribution in [3.8, 4) is 6.07 Å². The number of hydrogen-bond donors (Lipinski definition) is 1. The standard InChI is InChI=1S/C19H22N4O6/c1-2-28-19(27)23-11-9-22(10-12-23)17(25)13-29-18(26)14-3-5-15(6-4-14)21-16(24)7-8-20/h3-6H,2,7,9-13H2,1H3,(H,21,24). The van der Waals surface area contributed by atoms with Crippen LogP contribution in [0.25, 0.3) is 0 Å². The highest BCUT2D eigenvalue weighted by Gasteiger charge is 2.25. The predicted molar refractivity (Wildman–Crippen MR) is 101 cm³/mol. The van der Waals surface area contributed by atoms with Crippen LogP contribution < -0.4 is 5.32 Å². The second-order valence-electron chi connectivity index (χ2n) is 6.10. The zero-order valence-corrected chi connectivity index (χ0v) is 16.1. The van der Waals surface area contributed by atoms with E-state index < -0.39 is 24.6 Å². The van der Waals surface area contributed by atoms with Crippen LogP contribution in [-0.2, 0) is 19.1 Å². The molecule has 1 fully saturated rings. The van der Waals surface area contributed by atoms with Gasteiger partial charge >= 0.3 is 12.1 Å². The van der Waals surface area contributed by atoms with Crippen LogP contribution in [0.4, 0.5) is 10.5 Å². The lowest BCUT2D eigenvalue weighted by atomic mass is 10.2. The molecule has 0 bridgehead atoms. The van der Waals surface area contributed by atoms with E-state index in [0.29, 0.717) is 38.5 Å². The molecule has 3 amide bonds. The number of nitriles is 1. The molecule has 0 unspecified atom stereocenters. The number of carbonyl (C=O) groups excluding carboxylic acids is 4. The van der Waals surface area contributed by atoms with Crippen molar-refractivity contribution in [2.75, 3.05) is 44.7 Å². The lowest BCUT2D eigenvalue weighted by Crippen LogP contribution is -2.51. The van der Waals surface area contributed by atoms with Crippen LogP contribution in [0.5, 0.6) is 0 Å². The maximum Gasteiger partial charge on any atom is 0.409 e. The Balaban J connectivity index is 1.77. The molecule has 0 saturated carbocycles. The summed E-state index contributed by atoms with van der Waals surface area (Å²) in [6, 6.07) is 7.64. The van der Waals surface area contributed by atoms with E-state index in [9.17, 15) is 19.2 Å². The maximum atomic E-state index is 12.2. The summed E-state index contributed by atoms with van der Waals surface area (Å²) in [4.78, 5) is 50.4. The van der Waals surface area contributed by atoms with E-state index in [1.807, 2.05) is 0 Å². The minimum Gasteiger partial charge on any atom is -0.452 e. The molecular weight excluding hydrogens is 380 g/mol. The SMILES string of the molecule is CCOC(=O)N1CCN(C(=O)COC(=O)c2ccc(NC(=O)CC#N)cc2)CC1. The summed E-state index contributed by atoms with van der Waals surface area (Å²) < 4.78 is 9.97. The van der Waals surface area contributed by atoms with Gasteiger partial charge in [-0.05, 0) is 31.2 Å². The average molecular weight is 402 g/mol. The number of amides is 3. The zero-order chi connectivity index (χ0) is 21.2. The Hall–Kier alpha value is -3.61. The largest absolute Gasteiger partial charge is 0.452 e. The Morgan fingerprint density at radius 1 is 1.03 bits per heavy atom. The van der Waals surface area contributed by atoms with Crippen molar-refractivity contribution < 1.29 is 28.7 Å². The summed E-state index contributed by atoms with van der Waals surface area (Å²) in [7, 11) is 0. The van der Waals surface area contributed by atoms with E-state index in [0.717, 1.165) is 0 Å². The zero-order valence-electron chi connectivity index (χ0n) is 16.1. The average Bonchev–Trinajstić information content (AvgIpc) is 2.72. The molecule has 2 rings (SSSR count). The summed E-state index contributed by atoms with van der Waals surface area (Å²) in [6.45, 7) is 3.01. The molecular formula is C19H22N4O6. The van der Waals surface area contributed by atoms with Crippen molar-refractivity contribution in [3.63, 3.8) is 0 Å². The Morgan fingerprint density at radius 2 is 1.66 bits per heavy atom. The molecule has 0 aliphatic carbocycles. The first-order valence-electron chi connectivity index (χ1n) is 9.08. The van der Waals surface area contributed by atoms with Crippen molar-refractivity contribution in [3.05, 3.63) is 29.8 Å². The quantitative estimate of drug-likeness (QED) is 0.703. The van der Waals surface area contributed by atoms with Crippen molar-refractivity contribution in [1.29, 1.82) is 5.26 Å². The molecule has 0 spiro atoms. The first kappa shape index (κ1) is 21.7. The Morgan fingerprint density at radius 3 is 2.24 bits per heavy atom. The summed E-state index contributed by atoms with van der Waals surface area (Å²) in [5, 5.41) is 11.0. The third kappa shape index (κ3) is 6.49. The van der Waals surface area contributed by atoms with Gasteiger partial charge in [0, 0.05) is 31.9 Å². The van der Waals surface area contributed by atoms with E-state index in [2.05, 4.69) is 5.32 Å². The highest BCUT2D eigenvalue weighted by atomic mass is 16.6. The third-order valence-corrected chi connectivity index (χ3v) is 4.13. The molecule has 1 saturated heterocycles. The number of ether oxygens (including phenoxy) is 2. The molecule has 1 aliphatic heterocycles. The Bertz CT molecular complexity index is 794. The molecule has 1 aromatic rings. The maximum absolute atomic E-state index is 12.2. The first-order chi connectivity index (χ1) is 13.9. The topological polar surface area (TPSA) is 129 Å². The summed E-state index contributed by atoms with van der Waals surface area (Å²) in [5.41, 5.74) is 0.667. The van der Waals surface area contributed by atoms with Gasteiger partial charge in [-0.25, -0.2) is 9.59 Å². The molecule has 1 aromatic carbocycles. The van der Waals surface area contributed by atoms with E-state index in [1.165, 1.54) is 34.1 Å². The highest BCUT2D eigenvalue weighted by Crippen LogP contribution is 2.11. The molecule has 29 heavy (non-hydrogen) atoms. The van der Waals surface area contributed by atoms with Gasteiger partial charge < -0.3 is 24.6 Å². The van der Waals surface area contributed by atoms with Crippen molar-refractivity contribution >= 4 is 29.6 Å². The lowest BCUT2D eigenvalue weighted by molar-refractivity contribution is -0.136. The molecule has 0 atom stereocenters. The van der Waals surface area contributed by atoms with Gasteiger partial charge in [-0.15, -0.1) is 0 Å². The number of carbonyl (C=O) groups is 4. The normalized spacial score (nSPS) is 13.2. The van der Waals surface area contributed by atoms with Crippen LogP contribution in [-0.4, -0.2) is 73.1 Å². The summed E-state index contributed by atoms with van der Waals surface area (Å²) in [6.07, 6.45) is -0.668.